The fraction of sp³-hybridized carbons (Fsp3) is 0.333. The van der Waals surface area contributed by atoms with E-state index in [1.807, 2.05) is 6.08 Å². The van der Waals surface area contributed by atoms with Crippen LogP contribution in [0.3, 0.4) is 0 Å². The summed E-state index contributed by atoms with van der Waals surface area (Å²) in [5, 5.41) is 1.08. The van der Waals surface area contributed by atoms with E-state index >= 15 is 0 Å². The first-order valence-electron chi connectivity index (χ1n) is 1.52. The van der Waals surface area contributed by atoms with Crippen molar-refractivity contribution < 1.29 is 17.1 Å². The van der Waals surface area contributed by atoms with Crippen LogP contribution in [-0.2, 0) is 17.1 Å². The van der Waals surface area contributed by atoms with E-state index in [0.29, 0.717) is 0 Å². The van der Waals surface area contributed by atoms with Crippen LogP contribution < -0.4 is 0 Å². The summed E-state index contributed by atoms with van der Waals surface area (Å²) in [6.45, 7) is 3.48. The van der Waals surface area contributed by atoms with Crippen molar-refractivity contribution in [2.24, 2.45) is 0 Å². The van der Waals surface area contributed by atoms with Gasteiger partial charge in [0.15, 0.2) is 0 Å². The van der Waals surface area contributed by atoms with Crippen molar-refractivity contribution in [3.05, 3.63) is 12.7 Å². The van der Waals surface area contributed by atoms with Crippen LogP contribution in [-0.4, -0.2) is 17.7 Å². The molecule has 0 heterocycles. The Labute approximate surface area is 52.7 Å². The third kappa shape index (κ3) is 11.5. The van der Waals surface area contributed by atoms with E-state index in [4.69, 9.17) is 0 Å². The Morgan fingerprint density at radius 1 is 1.80 bits per heavy atom. The van der Waals surface area contributed by atoms with Crippen molar-refractivity contribution in [3.8, 4) is 0 Å². The van der Waals surface area contributed by atoms with Gasteiger partial charge in [0.05, 0.1) is 0 Å². The molecule has 0 unspecified atom stereocenters. The first-order chi connectivity index (χ1) is 1.91. The van der Waals surface area contributed by atoms with Crippen LogP contribution in [0.2, 0.25) is 5.09 Å². The summed E-state index contributed by atoms with van der Waals surface area (Å²) >= 11 is 2.06. The molecule has 0 aromatic heterocycles. The average molecular weight is 112 g/mol. The fourth-order valence-corrected chi connectivity index (χ4v) is 0. The molecule has 2 heteroatoms. The van der Waals surface area contributed by atoms with Crippen LogP contribution in [0, 0.1) is 0 Å². The van der Waals surface area contributed by atoms with Gasteiger partial charge >= 0.3 is 35.5 Å². The molecular weight excluding hydrogens is 107 g/mol. The fourth-order valence-electron chi connectivity index (χ4n) is 0. The molecule has 0 aliphatic carbocycles. The number of hydrogen-bond donors (Lipinski definition) is 0. The normalized spacial score (nSPS) is 5.20. The van der Waals surface area contributed by atoms with Gasteiger partial charge in [0.2, 0.25) is 0 Å². The molecule has 0 saturated heterocycles. The maximum absolute atomic E-state index is 3.48. The predicted molar refractivity (Wildman–Crippen MR) is 20.8 cm³/mol. The molecule has 0 aromatic rings. The summed E-state index contributed by atoms with van der Waals surface area (Å²) in [6, 6.07) is 0. The van der Waals surface area contributed by atoms with Crippen molar-refractivity contribution in [3.63, 3.8) is 0 Å². The Hall–Kier alpha value is 0.857. The zero-order valence-electron chi connectivity index (χ0n) is 3.29. The number of allylic oxidation sites excluding steroid dienone is 1. The van der Waals surface area contributed by atoms with Gasteiger partial charge in [-0.25, -0.2) is 0 Å². The van der Waals surface area contributed by atoms with Crippen molar-refractivity contribution >= 4 is 17.7 Å². The number of hydrogen-bond acceptors (Lipinski definition) is 0. The third-order valence-corrected chi connectivity index (χ3v) is 0.289. The first-order valence-corrected chi connectivity index (χ1v) is 1.52. The van der Waals surface area contributed by atoms with E-state index < -0.39 is 0 Å². The maximum atomic E-state index is 3.48. The first kappa shape index (κ1) is 9.29. The monoisotopic (exact) mass is 111 g/mol. The molecule has 0 N–H and O–H groups in total. The van der Waals surface area contributed by atoms with Gasteiger partial charge in [0, 0.05) is 17.1 Å². The van der Waals surface area contributed by atoms with E-state index in [0.717, 1.165) is 5.09 Å². The molecule has 0 spiro atoms. The van der Waals surface area contributed by atoms with E-state index in [1.165, 1.54) is 0 Å². The second-order valence-electron chi connectivity index (χ2n) is 0.697. The van der Waals surface area contributed by atoms with Crippen molar-refractivity contribution in [1.29, 1.82) is 0 Å². The molecule has 0 rings (SSSR count). The number of rotatable bonds is 1. The van der Waals surface area contributed by atoms with Crippen LogP contribution in [0.4, 0.5) is 0 Å². The minimum atomic E-state index is 0. The molecular formula is C3H5CuLi. The Bertz CT molecular complexity index is 20.9. The van der Waals surface area contributed by atoms with Crippen LogP contribution in [0.25, 0.3) is 0 Å². The zero-order chi connectivity index (χ0) is 3.41. The molecule has 0 aliphatic rings. The molecule has 1 radical (unpaired) electrons. The summed E-state index contributed by atoms with van der Waals surface area (Å²) in [6.07, 6.45) is 1.88. The van der Waals surface area contributed by atoms with Crippen molar-refractivity contribution in [2.45, 2.75) is 5.09 Å². The minimum absolute atomic E-state index is 0. The van der Waals surface area contributed by atoms with Crippen LogP contribution in [0.1, 0.15) is 0 Å². The topological polar surface area (TPSA) is 0 Å². The van der Waals surface area contributed by atoms with Gasteiger partial charge in [-0.3, -0.25) is 0 Å². The van der Waals surface area contributed by atoms with E-state index in [-0.39, 0.29) is 17.1 Å². The van der Waals surface area contributed by atoms with E-state index in [2.05, 4.69) is 24.3 Å². The molecule has 0 nitrogen and oxygen atoms in total. The van der Waals surface area contributed by atoms with Gasteiger partial charge in [-0.1, -0.05) is 0 Å². The average Bonchev–Trinajstić information content (AvgIpc) is 1.37. The molecule has 0 aromatic carbocycles. The summed E-state index contributed by atoms with van der Waals surface area (Å²) < 4.78 is 0. The van der Waals surface area contributed by atoms with Gasteiger partial charge < -0.3 is 0 Å². The Morgan fingerprint density at radius 3 is 2.00 bits per heavy atom. The van der Waals surface area contributed by atoms with Gasteiger partial charge in [0.25, 0.3) is 0 Å². The second-order valence-corrected chi connectivity index (χ2v) is 0.697. The molecule has 5 heavy (non-hydrogen) atoms. The Kier molecular flexibility index (Phi) is 16.4. The molecule has 0 fully saturated rings. The molecule has 0 aliphatic heterocycles. The summed E-state index contributed by atoms with van der Waals surface area (Å²) in [4.78, 5) is 0. The summed E-state index contributed by atoms with van der Waals surface area (Å²) in [5.41, 5.74) is 0. The third-order valence-electron chi connectivity index (χ3n) is 0.289. The molecule has 0 bridgehead atoms. The van der Waals surface area contributed by atoms with E-state index in [9.17, 15) is 0 Å². The molecule has 0 amide bonds. The van der Waals surface area contributed by atoms with E-state index in [1.54, 1.807) is 0 Å². The van der Waals surface area contributed by atoms with Crippen molar-refractivity contribution in [1.82, 2.24) is 0 Å². The van der Waals surface area contributed by atoms with Gasteiger partial charge in [-0.15, -0.1) is 0 Å². The van der Waals surface area contributed by atoms with Gasteiger partial charge in [0.1, 0.15) is 0 Å². The molecule has 29 valence electrons. The van der Waals surface area contributed by atoms with Gasteiger partial charge in [-0.05, 0) is 0 Å². The molecule has 0 saturated carbocycles. The SMILES string of the molecule is [Cu].[Li][CH2]C=C. The van der Waals surface area contributed by atoms with Crippen LogP contribution in [0.15, 0.2) is 12.7 Å². The summed E-state index contributed by atoms with van der Waals surface area (Å²) in [7, 11) is 0. The second kappa shape index (κ2) is 8.85. The van der Waals surface area contributed by atoms with Gasteiger partial charge in [-0.2, -0.15) is 0 Å². The van der Waals surface area contributed by atoms with Crippen LogP contribution >= 0.6 is 0 Å². The predicted octanol–water partition coefficient (Wildman–Crippen LogP) is 0.757. The Morgan fingerprint density at radius 2 is 2.00 bits per heavy atom. The quantitative estimate of drug-likeness (QED) is 0.346. The Balaban J connectivity index is 0. The zero-order valence-corrected chi connectivity index (χ0v) is 4.23. The van der Waals surface area contributed by atoms with Crippen molar-refractivity contribution in [2.75, 3.05) is 0 Å². The standard InChI is InChI=1S/C3H5.Cu.Li/c1-3-2;;/h3H,1-2H2;;. The van der Waals surface area contributed by atoms with Crippen LogP contribution in [0.5, 0.6) is 0 Å². The molecule has 0 atom stereocenters. The summed E-state index contributed by atoms with van der Waals surface area (Å²) in [5.74, 6) is 0.